The molecular formula is C91H124N20O32STc+2. The first-order valence-corrected chi connectivity index (χ1v) is 46.7. The van der Waals surface area contributed by atoms with E-state index in [1.807, 2.05) is 0 Å². The van der Waals surface area contributed by atoms with Crippen LogP contribution in [-0.4, -0.2) is 320 Å². The van der Waals surface area contributed by atoms with Crippen molar-refractivity contribution in [3.8, 4) is 5.75 Å². The van der Waals surface area contributed by atoms with Gasteiger partial charge in [0.2, 0.25) is 88.6 Å². The summed E-state index contributed by atoms with van der Waals surface area (Å²) in [5.41, 5.74) is 20.1. The number of para-hydroxylation sites is 1. The maximum Gasteiger partial charge on any atom is 4.00 e. The number of benzene rings is 4. The first kappa shape index (κ1) is 124. The molecule has 0 spiro atoms. The number of amides is 15. The van der Waals surface area contributed by atoms with Crippen molar-refractivity contribution in [1.29, 1.82) is 0 Å². The van der Waals surface area contributed by atoms with E-state index in [1.165, 1.54) is 36.0 Å². The zero-order chi connectivity index (χ0) is 106. The number of fused-ring (bicyclic) bond motifs is 1. The van der Waals surface area contributed by atoms with Crippen LogP contribution >= 0.6 is 11.8 Å². The topological polar surface area (TPSA) is 861 Å². The zero-order valence-electron chi connectivity index (χ0n) is 79.1. The van der Waals surface area contributed by atoms with Gasteiger partial charge in [0, 0.05) is 107 Å². The number of H-pyrrole nitrogens is 1. The number of phenols is 1. The van der Waals surface area contributed by atoms with Gasteiger partial charge in [-0.15, -0.1) is 0 Å². The van der Waals surface area contributed by atoms with Crippen LogP contribution < -0.4 is 102 Å². The Labute approximate surface area is 847 Å². The summed E-state index contributed by atoms with van der Waals surface area (Å²) in [5.74, 6) is -28.9. The molecule has 52 nitrogen and oxygen atoms in total. The molecule has 145 heavy (non-hydrogen) atoms. The third-order valence-corrected chi connectivity index (χ3v) is 22.2. The van der Waals surface area contributed by atoms with E-state index in [1.54, 1.807) is 91.3 Å². The minimum Gasteiger partial charge on any atom is -2.00 e. The predicted molar refractivity (Wildman–Crippen MR) is 509 cm³/mol. The number of carbonyl (C=O) groups excluding carboxylic acids is 15. The molecule has 0 saturated carbocycles. The molecule has 0 aliphatic carbocycles. The van der Waals surface area contributed by atoms with Crippen LogP contribution in [0.25, 0.3) is 10.9 Å². The van der Waals surface area contributed by atoms with Crippen molar-refractivity contribution >= 4 is 159 Å². The molecule has 0 fully saturated rings. The number of aliphatic carboxylic acids is 7. The Morgan fingerprint density at radius 2 is 0.738 bits per heavy atom. The maximum absolute atomic E-state index is 14.7. The van der Waals surface area contributed by atoms with Crippen molar-refractivity contribution < 1.29 is 177 Å². The number of phenolic OH excluding ortho intramolecular Hbond substituents is 1. The standard InChI is InChI=1S/C91H124N20O31S.O.Tc/c1-49(81(131)110-67(40-52-14-18-56(112)19-15-52)82(132)98-46-70(113)102-68(41-54-45-97-58-11-7-6-10-57(54)58)90(140)108-65(32-37-143-2)89(139)111-69(42-79(128)129)91(141)109-66(80(94)130)39-50-8-4-3-5-9-50)99-83(133)60(21-27-74(118)119)103-85(135)62(23-29-76(122)123)105-87(137)64(25-31-78(126)127)107-88(138)63(24-30-77(124)125)106-86(136)61(22-28-75(120)121)104-84(134)59(20-26-73(116)117)101-72(115)48-142-47-71(114)100-55-16-12-51(13-17-55)38-53(43-95-35-33-92)44-96-36-34-93;;/h3-19,45,49,53,59-69,95-97,112H,20-44,46-48,92-93H2,1-2H3,(H2,94,130)(H,98,132)(H,99,133)(H,100,114)(H,101,115)(H,102,113)(H,103,135)(H,104,134)(H,105,137)(H,106,136)(H,107,138)(H,108,140)(H,109,141)(H,110,131)(H,111,139)(H,116,117)(H,118,119)(H,120,121)(H,122,123)(H,124,125)(H,126,127)(H,128,129);;/q;-2;+4/t49-,59+,60-,61-,62-,63-,64-,65-,66-,67-,68-,69-;;/m0../s1. The quantitative estimate of drug-likeness (QED) is 0.0162. The van der Waals surface area contributed by atoms with Gasteiger partial charge in [0.25, 0.3) is 0 Å². The van der Waals surface area contributed by atoms with Crippen molar-refractivity contribution in [3.63, 3.8) is 0 Å². The summed E-state index contributed by atoms with van der Waals surface area (Å²) in [7, 11) is 0. The Hall–Kier alpha value is -14.7. The fourth-order valence-corrected chi connectivity index (χ4v) is 14.6. The number of anilines is 1. The number of hydrogen-bond donors (Lipinski definition) is 28. The van der Waals surface area contributed by atoms with Crippen molar-refractivity contribution in [2.24, 2.45) is 23.1 Å². The number of aromatic amines is 1. The van der Waals surface area contributed by atoms with E-state index in [0.717, 1.165) is 12.5 Å². The number of thioether (sulfide) groups is 1. The summed E-state index contributed by atoms with van der Waals surface area (Å²) in [5, 5.41) is 118. The van der Waals surface area contributed by atoms with Crippen LogP contribution in [0, 0.1) is 5.92 Å². The van der Waals surface area contributed by atoms with Gasteiger partial charge in [0.05, 0.1) is 13.0 Å². The molecule has 1 radical (unpaired) electrons. The van der Waals surface area contributed by atoms with Crippen LogP contribution in [0.5, 0.6) is 5.75 Å². The second-order valence-corrected chi connectivity index (χ2v) is 34.0. The molecule has 1 heterocycles. The minimum atomic E-state index is -2.15. The number of primary amides is 1. The van der Waals surface area contributed by atoms with Gasteiger partial charge < -0.3 is 158 Å². The van der Waals surface area contributed by atoms with Crippen molar-refractivity contribution in [2.45, 2.75) is 195 Å². The molecule has 31 N–H and O–H groups in total. The largest absolute Gasteiger partial charge is 4.00 e. The number of carboxylic acid groups (broad SMARTS) is 7. The third-order valence-electron chi connectivity index (χ3n) is 21.6. The number of hydrogen-bond acceptors (Lipinski definition) is 29. The van der Waals surface area contributed by atoms with Crippen molar-refractivity contribution in [2.75, 3.05) is 76.4 Å². The summed E-state index contributed by atoms with van der Waals surface area (Å²) in [4.78, 5) is 297. The minimum absolute atomic E-state index is 0. The van der Waals surface area contributed by atoms with Crippen molar-refractivity contribution in [1.82, 2.24) is 84.7 Å². The van der Waals surface area contributed by atoms with Gasteiger partial charge in [-0.1, -0.05) is 72.8 Å². The number of ether oxygens (including phenoxy) is 1. The Bertz CT molecular complexity index is 5210. The first-order chi connectivity index (χ1) is 67.9. The molecule has 0 bridgehead atoms. The third kappa shape index (κ3) is 48.3. The summed E-state index contributed by atoms with van der Waals surface area (Å²) in [6.07, 6.45) is -8.80. The van der Waals surface area contributed by atoms with Gasteiger partial charge in [-0.2, -0.15) is 11.8 Å². The van der Waals surface area contributed by atoms with Crippen LogP contribution in [-0.2, 0) is 161 Å². The van der Waals surface area contributed by atoms with E-state index in [0.29, 0.717) is 73.4 Å². The van der Waals surface area contributed by atoms with Gasteiger partial charge >= 0.3 is 61.9 Å². The molecule has 12 atom stereocenters. The molecule has 0 aliphatic heterocycles. The molecule has 791 valence electrons. The zero-order valence-corrected chi connectivity index (χ0v) is 81.8. The van der Waals surface area contributed by atoms with E-state index >= 15 is 0 Å². The molecule has 54 heteroatoms. The molecule has 4 aromatic carbocycles. The molecule has 0 aliphatic rings. The van der Waals surface area contributed by atoms with Crippen LogP contribution in [0.15, 0.2) is 109 Å². The van der Waals surface area contributed by atoms with Crippen LogP contribution in [0.2, 0.25) is 0 Å². The number of nitrogens with two attached hydrogens (primary N) is 3. The summed E-state index contributed by atoms with van der Waals surface area (Å²) >= 11 is 1.24. The molecule has 5 aromatic rings. The smallest absolute Gasteiger partial charge is 2.00 e. The first-order valence-electron chi connectivity index (χ1n) is 45.3. The number of nitrogens with one attached hydrogen (secondary N) is 17. The molecule has 15 amide bonds. The van der Waals surface area contributed by atoms with Crippen molar-refractivity contribution in [3.05, 3.63) is 132 Å². The molecule has 5 rings (SSSR count). The monoisotopic (exact) mass is 2140 g/mol. The summed E-state index contributed by atoms with van der Waals surface area (Å²) < 4.78 is 5.26. The van der Waals surface area contributed by atoms with Gasteiger partial charge in [-0.05, 0) is 142 Å². The number of rotatable bonds is 70. The molecule has 1 aromatic heterocycles. The Balaban J connectivity index is 0.0000270. The fourth-order valence-electron chi connectivity index (χ4n) is 14.1. The van der Waals surface area contributed by atoms with Crippen LogP contribution in [0.3, 0.4) is 0 Å². The second kappa shape index (κ2) is 66.2. The number of carboxylic acids is 7. The second-order valence-electron chi connectivity index (χ2n) is 33.0. The van der Waals surface area contributed by atoms with E-state index in [-0.39, 0.29) is 67.8 Å². The Morgan fingerprint density at radius 1 is 0.379 bits per heavy atom. The molecule has 0 saturated heterocycles. The molecular weight excluding hydrogens is 2020 g/mol. The Morgan fingerprint density at radius 3 is 1.18 bits per heavy atom. The van der Waals surface area contributed by atoms with E-state index < -0.39 is 313 Å². The number of aromatic nitrogens is 1. The van der Waals surface area contributed by atoms with E-state index in [9.17, 15) is 146 Å². The average molecular weight is 2140 g/mol. The normalized spacial score (nSPS) is 13.4. The summed E-state index contributed by atoms with van der Waals surface area (Å²) in [6.45, 7) is 1.92. The van der Waals surface area contributed by atoms with Gasteiger partial charge in [-0.25, -0.2) is 0 Å². The van der Waals surface area contributed by atoms with Crippen LogP contribution in [0.4, 0.5) is 5.69 Å². The number of carbonyl (C=O) groups is 22. The summed E-state index contributed by atoms with van der Waals surface area (Å²) in [6, 6.07) is 5.02. The van der Waals surface area contributed by atoms with E-state index in [4.69, 9.17) is 21.9 Å². The van der Waals surface area contributed by atoms with Gasteiger partial charge in [0.15, 0.2) is 0 Å². The van der Waals surface area contributed by atoms with Crippen LogP contribution in [0.1, 0.15) is 119 Å². The average Bonchev–Trinajstić information content (AvgIpc) is 1.69. The Kier molecular flexibility index (Phi) is 56.8. The fraction of sp³-hybridized carbons (Fsp3) is 0.473. The van der Waals surface area contributed by atoms with Gasteiger partial charge in [0.1, 0.15) is 91.5 Å². The maximum atomic E-state index is 14.7. The molecule has 0 unspecified atom stereocenters. The van der Waals surface area contributed by atoms with E-state index in [2.05, 4.69) is 90.1 Å². The predicted octanol–water partition coefficient (Wildman–Crippen LogP) is -5.45. The van der Waals surface area contributed by atoms with Gasteiger partial charge in [-0.3, -0.25) is 105 Å². The number of aromatic hydroxyl groups is 1. The SMILES string of the molecule is CSCC[C@H](NC(=O)[C@H](Cc1c[nH]c2ccccc12)NC(=O)CNC(=O)[C@H](Cc1ccc(O)cc1)NC(=O)[C@H](C)NC(=O)[C@H](CCC(=O)O)NC(=O)[C@H](CCC(=O)O)NC(=O)[C@H](CCC(=O)O)NC(=O)[C@H](CCC(=O)O)NC(=O)[C@H](CCC(=O)O)NC(=O)[C@@H](CCC(=O)O)NC(=O)COCC(=O)Nc1ccc(CC(CNCCN)CNCCN)cc1)C(=O)N[C@@H](CC(=O)O)C(=O)N[C@@H](Cc1ccccc1)C(N)=O.[O-2].[Tc+4].